The molecule has 0 fully saturated rings. The van der Waals surface area contributed by atoms with E-state index in [1.54, 1.807) is 14.2 Å². The van der Waals surface area contributed by atoms with Crippen molar-refractivity contribution in [3.8, 4) is 17.2 Å². The molecule has 30 heavy (non-hydrogen) atoms. The van der Waals surface area contributed by atoms with E-state index in [1.807, 2.05) is 54.8 Å². The number of benzene rings is 2. The Bertz CT molecular complexity index is 1040. The Morgan fingerprint density at radius 3 is 2.47 bits per heavy atom. The summed E-state index contributed by atoms with van der Waals surface area (Å²) in [6.07, 6.45) is 0. The number of ether oxygens (including phenoxy) is 3. The smallest absolute Gasteiger partial charge is 0.352 e. The lowest BCUT2D eigenvalue weighted by Crippen LogP contribution is -2.16. The van der Waals surface area contributed by atoms with Crippen molar-refractivity contribution in [2.24, 2.45) is 0 Å². The van der Waals surface area contributed by atoms with Crippen molar-refractivity contribution < 1.29 is 24.1 Å². The number of aryl methyl sites for hydroxylation is 1. The summed E-state index contributed by atoms with van der Waals surface area (Å²) in [5, 5.41) is 14.1. The van der Waals surface area contributed by atoms with Crippen LogP contribution < -0.4 is 19.5 Å². The molecule has 160 valence electrons. The fourth-order valence-electron chi connectivity index (χ4n) is 3.71. The highest BCUT2D eigenvalue weighted by molar-refractivity contribution is 5.98. The average Bonchev–Trinajstić information content (AvgIpc) is 3.07. The molecule has 0 unspecified atom stereocenters. The fourth-order valence-corrected chi connectivity index (χ4v) is 3.71. The molecule has 0 saturated carbocycles. The van der Waals surface area contributed by atoms with Crippen LogP contribution in [0.3, 0.4) is 0 Å². The number of aromatic carboxylic acids is 1. The maximum Gasteiger partial charge on any atom is 0.352 e. The second-order valence-corrected chi connectivity index (χ2v) is 6.78. The van der Waals surface area contributed by atoms with Gasteiger partial charge in [-0.25, -0.2) is 4.79 Å². The molecule has 7 heteroatoms. The van der Waals surface area contributed by atoms with Gasteiger partial charge in [-0.3, -0.25) is 0 Å². The van der Waals surface area contributed by atoms with E-state index in [-0.39, 0.29) is 0 Å². The molecule has 0 radical (unpaired) electrons. The molecule has 3 rings (SSSR count). The number of nitrogens with one attached hydrogen (secondary N) is 1. The lowest BCUT2D eigenvalue weighted by molar-refractivity contribution is 0.0684. The number of hydrogen-bond donors (Lipinski definition) is 2. The molecule has 0 aliphatic heterocycles. The molecule has 0 saturated heterocycles. The Morgan fingerprint density at radius 1 is 1.03 bits per heavy atom. The monoisotopic (exact) mass is 412 g/mol. The summed E-state index contributed by atoms with van der Waals surface area (Å²) < 4.78 is 18.1. The SMILES string of the molecule is CCOc1cc(CNCc2c(C(=O)O)n(CC)c3cc(OC)ccc23)ccc1OC. The van der Waals surface area contributed by atoms with E-state index >= 15 is 0 Å². The van der Waals surface area contributed by atoms with Crippen LogP contribution in [0.1, 0.15) is 35.5 Å². The highest BCUT2D eigenvalue weighted by Gasteiger charge is 2.21. The number of carboxylic acids is 1. The number of fused-ring (bicyclic) bond motifs is 1. The summed E-state index contributed by atoms with van der Waals surface area (Å²) in [6, 6.07) is 11.4. The van der Waals surface area contributed by atoms with Gasteiger partial charge in [0.25, 0.3) is 0 Å². The summed E-state index contributed by atoms with van der Waals surface area (Å²) in [5.74, 6) is 1.15. The number of aromatic nitrogens is 1. The fraction of sp³-hybridized carbons (Fsp3) is 0.348. The minimum absolute atomic E-state index is 0.304. The number of carboxylic acid groups (broad SMARTS) is 1. The van der Waals surface area contributed by atoms with Crippen molar-refractivity contribution in [1.29, 1.82) is 0 Å². The number of nitrogens with zero attached hydrogens (tertiary/aromatic N) is 1. The van der Waals surface area contributed by atoms with E-state index in [0.717, 1.165) is 22.0 Å². The van der Waals surface area contributed by atoms with Gasteiger partial charge < -0.3 is 29.2 Å². The van der Waals surface area contributed by atoms with Crippen molar-refractivity contribution in [2.45, 2.75) is 33.5 Å². The van der Waals surface area contributed by atoms with Gasteiger partial charge in [0.15, 0.2) is 11.5 Å². The largest absolute Gasteiger partial charge is 0.497 e. The maximum atomic E-state index is 12.0. The molecule has 7 nitrogen and oxygen atoms in total. The number of hydrogen-bond acceptors (Lipinski definition) is 5. The molecule has 0 bridgehead atoms. The van der Waals surface area contributed by atoms with Gasteiger partial charge in [0.1, 0.15) is 11.4 Å². The molecule has 0 aliphatic rings. The van der Waals surface area contributed by atoms with Gasteiger partial charge in [-0.1, -0.05) is 6.07 Å². The molecule has 1 aromatic heterocycles. The van der Waals surface area contributed by atoms with Crippen molar-refractivity contribution in [3.63, 3.8) is 0 Å². The van der Waals surface area contributed by atoms with Crippen LogP contribution in [0, 0.1) is 0 Å². The Kier molecular flexibility index (Phi) is 6.84. The van der Waals surface area contributed by atoms with Crippen molar-refractivity contribution in [3.05, 3.63) is 53.2 Å². The molecule has 3 aromatic rings. The predicted octanol–water partition coefficient (Wildman–Crippen LogP) is 4.07. The molecule has 1 heterocycles. The van der Waals surface area contributed by atoms with Crippen molar-refractivity contribution >= 4 is 16.9 Å². The molecule has 0 aliphatic carbocycles. The van der Waals surface area contributed by atoms with Crippen LogP contribution in [0.5, 0.6) is 17.2 Å². The lowest BCUT2D eigenvalue weighted by atomic mass is 10.1. The molecular weight excluding hydrogens is 384 g/mol. The quantitative estimate of drug-likeness (QED) is 0.523. The molecule has 2 aromatic carbocycles. The van der Waals surface area contributed by atoms with Crippen LogP contribution in [0.2, 0.25) is 0 Å². The zero-order chi connectivity index (χ0) is 21.7. The van der Waals surface area contributed by atoms with Crippen molar-refractivity contribution in [2.75, 3.05) is 20.8 Å². The molecular formula is C23H28N2O5. The van der Waals surface area contributed by atoms with E-state index in [1.165, 1.54) is 0 Å². The zero-order valence-electron chi connectivity index (χ0n) is 17.8. The van der Waals surface area contributed by atoms with E-state index < -0.39 is 5.97 Å². The van der Waals surface area contributed by atoms with E-state index in [0.29, 0.717) is 49.2 Å². The Hall–Kier alpha value is -3.19. The van der Waals surface area contributed by atoms with Crippen molar-refractivity contribution in [1.82, 2.24) is 9.88 Å². The summed E-state index contributed by atoms with van der Waals surface area (Å²) in [4.78, 5) is 12.0. The number of rotatable bonds is 10. The second-order valence-electron chi connectivity index (χ2n) is 6.78. The summed E-state index contributed by atoms with van der Waals surface area (Å²) in [7, 11) is 3.22. The van der Waals surface area contributed by atoms with Gasteiger partial charge in [-0.15, -0.1) is 0 Å². The van der Waals surface area contributed by atoms with Crippen LogP contribution in [-0.2, 0) is 19.6 Å². The first-order valence-corrected chi connectivity index (χ1v) is 9.96. The third-order valence-electron chi connectivity index (χ3n) is 5.05. The van der Waals surface area contributed by atoms with Crippen LogP contribution in [-0.4, -0.2) is 36.5 Å². The van der Waals surface area contributed by atoms with Gasteiger partial charge in [0.05, 0.1) is 26.3 Å². The van der Waals surface area contributed by atoms with Gasteiger partial charge in [0.2, 0.25) is 0 Å². The van der Waals surface area contributed by atoms with Gasteiger partial charge in [-0.2, -0.15) is 0 Å². The molecule has 0 spiro atoms. The first-order valence-electron chi connectivity index (χ1n) is 9.96. The van der Waals surface area contributed by atoms with Crippen LogP contribution in [0.25, 0.3) is 10.9 Å². The Labute approximate surface area is 176 Å². The Balaban J connectivity index is 1.88. The molecule has 0 atom stereocenters. The summed E-state index contributed by atoms with van der Waals surface area (Å²) >= 11 is 0. The van der Waals surface area contributed by atoms with Gasteiger partial charge in [-0.05, 0) is 43.7 Å². The lowest BCUT2D eigenvalue weighted by Gasteiger charge is -2.12. The Morgan fingerprint density at radius 2 is 1.83 bits per heavy atom. The van der Waals surface area contributed by atoms with Crippen LogP contribution in [0.15, 0.2) is 36.4 Å². The summed E-state index contributed by atoms with van der Waals surface area (Å²) in [5.41, 5.74) is 2.95. The first kappa shape index (κ1) is 21.5. The maximum absolute atomic E-state index is 12.0. The summed E-state index contributed by atoms with van der Waals surface area (Å²) in [6.45, 7) is 5.97. The number of carbonyl (C=O) groups is 1. The van der Waals surface area contributed by atoms with Gasteiger partial charge in [0, 0.05) is 36.7 Å². The topological polar surface area (TPSA) is 82.0 Å². The van der Waals surface area contributed by atoms with Crippen LogP contribution >= 0.6 is 0 Å². The standard InChI is InChI=1S/C23H28N2O5/c1-5-25-19-12-16(28-3)8-9-17(19)18(22(25)23(26)27)14-24-13-15-7-10-20(29-4)21(11-15)30-6-2/h7-12,24H,5-6,13-14H2,1-4H3,(H,26,27). The highest BCUT2D eigenvalue weighted by Crippen LogP contribution is 2.31. The van der Waals surface area contributed by atoms with E-state index in [4.69, 9.17) is 14.2 Å². The third-order valence-corrected chi connectivity index (χ3v) is 5.05. The van der Waals surface area contributed by atoms with Crippen LogP contribution in [0.4, 0.5) is 0 Å². The average molecular weight is 412 g/mol. The van der Waals surface area contributed by atoms with Gasteiger partial charge >= 0.3 is 5.97 Å². The third kappa shape index (κ3) is 4.21. The normalized spacial score (nSPS) is 10.9. The second kappa shape index (κ2) is 9.54. The minimum atomic E-state index is -0.938. The first-order chi connectivity index (χ1) is 14.5. The highest BCUT2D eigenvalue weighted by atomic mass is 16.5. The number of methoxy groups -OCH3 is 2. The van der Waals surface area contributed by atoms with E-state index in [9.17, 15) is 9.90 Å². The molecule has 0 amide bonds. The van der Waals surface area contributed by atoms with E-state index in [2.05, 4.69) is 5.32 Å². The minimum Gasteiger partial charge on any atom is -0.497 e. The zero-order valence-corrected chi connectivity index (χ0v) is 17.8. The molecule has 2 N–H and O–H groups in total. The predicted molar refractivity (Wildman–Crippen MR) is 116 cm³/mol.